The molecule has 0 aromatic rings. The zero-order chi connectivity index (χ0) is 10.3. The standard InChI is InChI=1S/C9H22N2O2/c1-4-10-5-9(13)8(6-12)11-7(2)3/h7-13H,4-6H2,1-3H3. The summed E-state index contributed by atoms with van der Waals surface area (Å²) in [5, 5.41) is 24.7. The third kappa shape index (κ3) is 5.99. The molecule has 80 valence electrons. The van der Waals surface area contributed by atoms with Crippen molar-refractivity contribution in [3.63, 3.8) is 0 Å². The molecule has 2 unspecified atom stereocenters. The van der Waals surface area contributed by atoms with E-state index >= 15 is 0 Å². The molecule has 0 aliphatic rings. The Morgan fingerprint density at radius 2 is 1.92 bits per heavy atom. The zero-order valence-corrected chi connectivity index (χ0v) is 8.75. The SMILES string of the molecule is CCNCC(O)C(CO)NC(C)C. The van der Waals surface area contributed by atoms with Crippen LogP contribution >= 0.6 is 0 Å². The van der Waals surface area contributed by atoms with Gasteiger partial charge in [0.05, 0.1) is 18.8 Å². The Morgan fingerprint density at radius 1 is 1.31 bits per heavy atom. The highest BCUT2D eigenvalue weighted by Gasteiger charge is 2.17. The maximum absolute atomic E-state index is 9.60. The minimum Gasteiger partial charge on any atom is -0.395 e. The van der Waals surface area contributed by atoms with E-state index in [1.54, 1.807) is 0 Å². The molecule has 0 spiro atoms. The fraction of sp³-hybridized carbons (Fsp3) is 1.00. The third-order valence-corrected chi connectivity index (χ3v) is 1.81. The predicted octanol–water partition coefficient (Wildman–Crippen LogP) is -0.684. The Hall–Kier alpha value is -0.160. The number of hydrogen-bond acceptors (Lipinski definition) is 4. The second-order valence-electron chi connectivity index (χ2n) is 3.49. The molecule has 0 aromatic heterocycles. The van der Waals surface area contributed by atoms with Gasteiger partial charge in [0.2, 0.25) is 0 Å². The number of aliphatic hydroxyl groups excluding tert-OH is 2. The molecular formula is C9H22N2O2. The summed E-state index contributed by atoms with van der Waals surface area (Å²) in [5.74, 6) is 0. The van der Waals surface area contributed by atoms with Crippen LogP contribution in [0.4, 0.5) is 0 Å². The third-order valence-electron chi connectivity index (χ3n) is 1.81. The number of rotatable bonds is 7. The first kappa shape index (κ1) is 12.8. The molecule has 2 atom stereocenters. The van der Waals surface area contributed by atoms with Crippen molar-refractivity contribution in [2.24, 2.45) is 0 Å². The Bertz CT molecular complexity index is 120. The van der Waals surface area contributed by atoms with E-state index in [4.69, 9.17) is 5.11 Å². The molecule has 0 saturated heterocycles. The smallest absolute Gasteiger partial charge is 0.0839 e. The van der Waals surface area contributed by atoms with Gasteiger partial charge < -0.3 is 20.8 Å². The molecule has 0 radical (unpaired) electrons. The average Bonchev–Trinajstić information content (AvgIpc) is 2.09. The summed E-state index contributed by atoms with van der Waals surface area (Å²) >= 11 is 0. The van der Waals surface area contributed by atoms with Crippen LogP contribution in [-0.2, 0) is 0 Å². The summed E-state index contributed by atoms with van der Waals surface area (Å²) < 4.78 is 0. The lowest BCUT2D eigenvalue weighted by Gasteiger charge is -2.24. The van der Waals surface area contributed by atoms with Gasteiger partial charge in [-0.2, -0.15) is 0 Å². The van der Waals surface area contributed by atoms with Crippen molar-refractivity contribution in [1.29, 1.82) is 0 Å². The highest BCUT2D eigenvalue weighted by atomic mass is 16.3. The fourth-order valence-corrected chi connectivity index (χ4v) is 1.15. The van der Waals surface area contributed by atoms with Crippen LogP contribution in [0, 0.1) is 0 Å². The van der Waals surface area contributed by atoms with Crippen molar-refractivity contribution in [3.05, 3.63) is 0 Å². The molecule has 0 fully saturated rings. The number of hydrogen-bond donors (Lipinski definition) is 4. The van der Waals surface area contributed by atoms with Crippen molar-refractivity contribution < 1.29 is 10.2 Å². The van der Waals surface area contributed by atoms with Crippen molar-refractivity contribution in [3.8, 4) is 0 Å². The minimum absolute atomic E-state index is 0.0370. The zero-order valence-electron chi connectivity index (χ0n) is 8.75. The fourth-order valence-electron chi connectivity index (χ4n) is 1.15. The van der Waals surface area contributed by atoms with E-state index in [2.05, 4.69) is 10.6 Å². The normalized spacial score (nSPS) is 16.2. The minimum atomic E-state index is -0.535. The van der Waals surface area contributed by atoms with Gasteiger partial charge in [-0.3, -0.25) is 0 Å². The van der Waals surface area contributed by atoms with Crippen molar-refractivity contribution in [2.75, 3.05) is 19.7 Å². The Kier molecular flexibility index (Phi) is 7.17. The van der Waals surface area contributed by atoms with E-state index in [-0.39, 0.29) is 18.7 Å². The Balaban J connectivity index is 3.77. The van der Waals surface area contributed by atoms with Crippen molar-refractivity contribution in [1.82, 2.24) is 10.6 Å². The van der Waals surface area contributed by atoms with E-state index < -0.39 is 6.10 Å². The van der Waals surface area contributed by atoms with Crippen LogP contribution in [0.25, 0.3) is 0 Å². The van der Waals surface area contributed by atoms with Crippen LogP contribution in [0.15, 0.2) is 0 Å². The van der Waals surface area contributed by atoms with Gasteiger partial charge >= 0.3 is 0 Å². The van der Waals surface area contributed by atoms with Crippen LogP contribution < -0.4 is 10.6 Å². The van der Waals surface area contributed by atoms with Crippen molar-refractivity contribution in [2.45, 2.75) is 39.0 Å². The van der Waals surface area contributed by atoms with Gasteiger partial charge in [0.25, 0.3) is 0 Å². The largest absolute Gasteiger partial charge is 0.395 e. The maximum atomic E-state index is 9.60. The summed E-state index contributed by atoms with van der Waals surface area (Å²) in [4.78, 5) is 0. The first-order valence-corrected chi connectivity index (χ1v) is 4.87. The van der Waals surface area contributed by atoms with Gasteiger partial charge in [0.1, 0.15) is 0 Å². The molecule has 0 aliphatic carbocycles. The number of aliphatic hydroxyl groups is 2. The molecule has 0 heterocycles. The quantitative estimate of drug-likeness (QED) is 0.429. The topological polar surface area (TPSA) is 64.5 Å². The average molecular weight is 190 g/mol. The van der Waals surface area contributed by atoms with Crippen LogP contribution in [-0.4, -0.2) is 48.1 Å². The Labute approximate surface area is 80.3 Å². The summed E-state index contributed by atoms with van der Waals surface area (Å²) in [6.07, 6.45) is -0.535. The van der Waals surface area contributed by atoms with E-state index in [9.17, 15) is 5.11 Å². The van der Waals surface area contributed by atoms with Gasteiger partial charge in [-0.15, -0.1) is 0 Å². The molecule has 4 heteroatoms. The summed E-state index contributed by atoms with van der Waals surface area (Å²) in [5.41, 5.74) is 0. The first-order valence-electron chi connectivity index (χ1n) is 4.87. The van der Waals surface area contributed by atoms with Crippen molar-refractivity contribution >= 4 is 0 Å². The predicted molar refractivity (Wildman–Crippen MR) is 53.7 cm³/mol. The molecule has 4 nitrogen and oxygen atoms in total. The van der Waals surface area contributed by atoms with Crippen LogP contribution in [0.3, 0.4) is 0 Å². The summed E-state index contributed by atoms with van der Waals surface area (Å²) in [7, 11) is 0. The molecule has 0 aromatic carbocycles. The molecule has 4 N–H and O–H groups in total. The molecule has 0 saturated carbocycles. The first-order chi connectivity index (χ1) is 6.11. The number of likely N-dealkylation sites (N-methyl/N-ethyl adjacent to an activating group) is 1. The second kappa shape index (κ2) is 7.26. The molecule has 0 bridgehead atoms. The van der Waals surface area contributed by atoms with E-state index in [1.807, 2.05) is 20.8 Å². The van der Waals surface area contributed by atoms with Gasteiger partial charge in [0.15, 0.2) is 0 Å². The van der Waals surface area contributed by atoms with E-state index in [1.165, 1.54) is 0 Å². The monoisotopic (exact) mass is 190 g/mol. The molecule has 0 rings (SSSR count). The van der Waals surface area contributed by atoms with Gasteiger partial charge in [-0.05, 0) is 6.54 Å². The van der Waals surface area contributed by atoms with Crippen LogP contribution in [0.5, 0.6) is 0 Å². The van der Waals surface area contributed by atoms with E-state index in [0.29, 0.717) is 6.54 Å². The summed E-state index contributed by atoms with van der Waals surface area (Å²) in [6.45, 7) is 7.27. The molecule has 13 heavy (non-hydrogen) atoms. The molecular weight excluding hydrogens is 168 g/mol. The highest BCUT2D eigenvalue weighted by molar-refractivity contribution is 4.77. The van der Waals surface area contributed by atoms with Gasteiger partial charge in [-0.25, -0.2) is 0 Å². The maximum Gasteiger partial charge on any atom is 0.0839 e. The molecule has 0 amide bonds. The van der Waals surface area contributed by atoms with Gasteiger partial charge in [0, 0.05) is 12.6 Å². The highest BCUT2D eigenvalue weighted by Crippen LogP contribution is 1.94. The Morgan fingerprint density at radius 3 is 2.31 bits per heavy atom. The lowest BCUT2D eigenvalue weighted by molar-refractivity contribution is 0.0855. The lowest BCUT2D eigenvalue weighted by atomic mass is 10.1. The molecule has 0 aliphatic heterocycles. The van der Waals surface area contributed by atoms with Crippen LogP contribution in [0.1, 0.15) is 20.8 Å². The second-order valence-corrected chi connectivity index (χ2v) is 3.49. The van der Waals surface area contributed by atoms with Gasteiger partial charge in [-0.1, -0.05) is 20.8 Å². The number of nitrogens with one attached hydrogen (secondary N) is 2. The van der Waals surface area contributed by atoms with E-state index in [0.717, 1.165) is 6.54 Å². The van der Waals surface area contributed by atoms with Crippen LogP contribution in [0.2, 0.25) is 0 Å². The lowest BCUT2D eigenvalue weighted by Crippen LogP contribution is -2.49. The summed E-state index contributed by atoms with van der Waals surface area (Å²) in [6, 6.07) is 0.0347.